The molecule has 1 aliphatic heterocycles. The highest BCUT2D eigenvalue weighted by Crippen LogP contribution is 2.30. The van der Waals surface area contributed by atoms with E-state index in [1.807, 2.05) is 0 Å². The van der Waals surface area contributed by atoms with Gasteiger partial charge in [-0.25, -0.2) is 4.39 Å². The number of anilines is 1. The minimum absolute atomic E-state index is 0.00531. The molecule has 0 aromatic heterocycles. The van der Waals surface area contributed by atoms with Crippen molar-refractivity contribution in [2.75, 3.05) is 5.32 Å². The highest BCUT2D eigenvalue weighted by Gasteiger charge is 2.20. The first kappa shape index (κ1) is 10.6. The average molecular weight is 217 g/mol. The molecule has 3 heteroatoms. The van der Waals surface area contributed by atoms with Crippen LogP contribution in [-0.4, -0.2) is 11.8 Å². The Bertz CT molecular complexity index is 491. The molecule has 1 aromatic rings. The summed E-state index contributed by atoms with van der Waals surface area (Å²) in [6, 6.07) is 4.07. The number of carbonyl (C=O) groups is 1. The van der Waals surface area contributed by atoms with Crippen LogP contribution in [0, 0.1) is 5.82 Å². The topological polar surface area (TPSA) is 29.1 Å². The smallest absolute Gasteiger partial charge is 0.155 e. The number of hydrogen-bond acceptors (Lipinski definition) is 2. The maximum atomic E-state index is 13.1. The zero-order valence-electron chi connectivity index (χ0n) is 8.96. The molecule has 2 nitrogen and oxygen atoms in total. The zero-order valence-corrected chi connectivity index (χ0v) is 8.96. The van der Waals surface area contributed by atoms with Gasteiger partial charge in [-0.1, -0.05) is 12.7 Å². The Hall–Kier alpha value is -1.90. The molecule has 16 heavy (non-hydrogen) atoms. The molecule has 0 fully saturated rings. The highest BCUT2D eigenvalue weighted by atomic mass is 19.1. The number of Topliss-reactive ketones (excluding diaryl/α,β-unsaturated/α-hetero) is 1. The summed E-state index contributed by atoms with van der Waals surface area (Å²) in [5.41, 5.74) is 2.36. The van der Waals surface area contributed by atoms with E-state index in [1.165, 1.54) is 19.1 Å². The molecular formula is C13H12FNO. The quantitative estimate of drug-likeness (QED) is 0.825. The number of fused-ring (bicyclic) bond motifs is 1. The standard InChI is InChI=1S/C13H12FNO/c1-3-9-6-12(8(2)16)15-13-7-10(14)4-5-11(9)13/h3-7,12,15H,1H2,2H3. The predicted molar refractivity (Wildman–Crippen MR) is 62.7 cm³/mol. The number of benzene rings is 1. The molecule has 82 valence electrons. The molecule has 2 rings (SSSR count). The van der Waals surface area contributed by atoms with Crippen molar-refractivity contribution < 1.29 is 9.18 Å². The molecule has 1 atom stereocenters. The molecule has 1 N–H and O–H groups in total. The number of carbonyl (C=O) groups excluding carboxylic acids is 1. The van der Waals surface area contributed by atoms with Crippen molar-refractivity contribution in [3.63, 3.8) is 0 Å². The molecule has 0 amide bonds. The van der Waals surface area contributed by atoms with Gasteiger partial charge in [-0.05, 0) is 36.8 Å². The fraction of sp³-hybridized carbons (Fsp3) is 0.154. The molecular weight excluding hydrogens is 205 g/mol. The highest BCUT2D eigenvalue weighted by molar-refractivity contribution is 5.95. The van der Waals surface area contributed by atoms with Crippen molar-refractivity contribution in [1.29, 1.82) is 0 Å². The van der Waals surface area contributed by atoms with Crippen LogP contribution in [0.2, 0.25) is 0 Å². The minimum atomic E-state index is -0.401. The van der Waals surface area contributed by atoms with E-state index >= 15 is 0 Å². The van der Waals surface area contributed by atoms with Gasteiger partial charge >= 0.3 is 0 Å². The van der Waals surface area contributed by atoms with Crippen LogP contribution in [-0.2, 0) is 4.79 Å². The summed E-state index contributed by atoms with van der Waals surface area (Å²) in [7, 11) is 0. The first-order valence-electron chi connectivity index (χ1n) is 5.03. The Morgan fingerprint density at radius 3 is 2.94 bits per heavy atom. The van der Waals surface area contributed by atoms with Gasteiger partial charge < -0.3 is 5.32 Å². The van der Waals surface area contributed by atoms with E-state index in [-0.39, 0.29) is 11.6 Å². The molecule has 0 spiro atoms. The van der Waals surface area contributed by atoms with Gasteiger partial charge in [0.05, 0.1) is 0 Å². The van der Waals surface area contributed by atoms with E-state index in [2.05, 4.69) is 11.9 Å². The first-order chi connectivity index (χ1) is 7.61. The van der Waals surface area contributed by atoms with E-state index in [4.69, 9.17) is 0 Å². The molecule has 0 aliphatic carbocycles. The Kier molecular flexibility index (Phi) is 2.60. The van der Waals surface area contributed by atoms with Crippen LogP contribution in [0.5, 0.6) is 0 Å². The van der Waals surface area contributed by atoms with Crippen LogP contribution in [0.3, 0.4) is 0 Å². The van der Waals surface area contributed by atoms with E-state index in [9.17, 15) is 9.18 Å². The maximum absolute atomic E-state index is 13.1. The second kappa shape index (κ2) is 3.93. The maximum Gasteiger partial charge on any atom is 0.155 e. The summed E-state index contributed by atoms with van der Waals surface area (Å²) in [6.45, 7) is 5.20. The van der Waals surface area contributed by atoms with Gasteiger partial charge in [0.1, 0.15) is 11.9 Å². The lowest BCUT2D eigenvalue weighted by molar-refractivity contribution is -0.116. The Morgan fingerprint density at radius 2 is 2.31 bits per heavy atom. The molecule has 1 unspecified atom stereocenters. The first-order valence-corrected chi connectivity index (χ1v) is 5.03. The second-order valence-corrected chi connectivity index (χ2v) is 3.75. The third kappa shape index (κ3) is 1.76. The summed E-state index contributed by atoms with van der Waals surface area (Å²) in [6.07, 6.45) is 3.48. The Balaban J connectivity index is 2.52. The van der Waals surface area contributed by atoms with E-state index in [0.29, 0.717) is 5.69 Å². The monoisotopic (exact) mass is 217 g/mol. The summed E-state index contributed by atoms with van der Waals surface area (Å²) in [5.74, 6) is -0.326. The largest absolute Gasteiger partial charge is 0.372 e. The van der Waals surface area contributed by atoms with Crippen molar-refractivity contribution in [3.05, 3.63) is 48.3 Å². The summed E-state index contributed by atoms with van der Waals surface area (Å²) >= 11 is 0. The fourth-order valence-electron chi connectivity index (χ4n) is 1.76. The Labute approximate surface area is 93.5 Å². The van der Waals surface area contributed by atoms with E-state index in [1.54, 1.807) is 18.2 Å². The molecule has 0 bridgehead atoms. The van der Waals surface area contributed by atoms with E-state index < -0.39 is 6.04 Å². The second-order valence-electron chi connectivity index (χ2n) is 3.75. The van der Waals surface area contributed by atoms with Gasteiger partial charge in [-0.15, -0.1) is 0 Å². The molecule has 0 radical (unpaired) electrons. The van der Waals surface area contributed by atoms with Crippen LogP contribution < -0.4 is 5.32 Å². The number of rotatable bonds is 2. The number of nitrogens with one attached hydrogen (secondary N) is 1. The predicted octanol–water partition coefficient (Wildman–Crippen LogP) is 2.78. The number of hydrogen-bond donors (Lipinski definition) is 1. The summed E-state index contributed by atoms with van der Waals surface area (Å²) in [5, 5.41) is 2.99. The van der Waals surface area contributed by atoms with Gasteiger partial charge in [0.2, 0.25) is 0 Å². The minimum Gasteiger partial charge on any atom is -0.372 e. The van der Waals surface area contributed by atoms with Crippen LogP contribution in [0.4, 0.5) is 10.1 Å². The number of allylic oxidation sites excluding steroid dienone is 2. The van der Waals surface area contributed by atoms with Crippen molar-refractivity contribution in [2.45, 2.75) is 13.0 Å². The van der Waals surface area contributed by atoms with Crippen molar-refractivity contribution >= 4 is 17.0 Å². The molecule has 1 heterocycles. The SMILES string of the molecule is C=CC1=CC(C(C)=O)Nc2cc(F)ccc21. The molecule has 1 aliphatic rings. The van der Waals surface area contributed by atoms with Crippen molar-refractivity contribution in [2.24, 2.45) is 0 Å². The fourth-order valence-corrected chi connectivity index (χ4v) is 1.76. The van der Waals surface area contributed by atoms with Gasteiger partial charge in [-0.2, -0.15) is 0 Å². The van der Waals surface area contributed by atoms with Crippen LogP contribution >= 0.6 is 0 Å². The number of ketones is 1. The lowest BCUT2D eigenvalue weighted by Gasteiger charge is -2.23. The van der Waals surface area contributed by atoms with Gasteiger partial charge in [0.25, 0.3) is 0 Å². The summed E-state index contributed by atoms with van der Waals surface area (Å²) < 4.78 is 13.1. The van der Waals surface area contributed by atoms with Crippen LogP contribution in [0.1, 0.15) is 12.5 Å². The third-order valence-electron chi connectivity index (χ3n) is 2.61. The third-order valence-corrected chi connectivity index (χ3v) is 2.61. The lowest BCUT2D eigenvalue weighted by atomic mass is 9.95. The van der Waals surface area contributed by atoms with Crippen LogP contribution in [0.25, 0.3) is 5.57 Å². The normalized spacial score (nSPS) is 18.1. The average Bonchev–Trinajstić information content (AvgIpc) is 2.26. The van der Waals surface area contributed by atoms with E-state index in [0.717, 1.165) is 11.1 Å². The lowest BCUT2D eigenvalue weighted by Crippen LogP contribution is -2.28. The van der Waals surface area contributed by atoms with Crippen LogP contribution in [0.15, 0.2) is 36.9 Å². The van der Waals surface area contributed by atoms with Crippen molar-refractivity contribution in [3.8, 4) is 0 Å². The van der Waals surface area contributed by atoms with Gasteiger partial charge in [0.15, 0.2) is 5.78 Å². The molecule has 0 saturated heterocycles. The van der Waals surface area contributed by atoms with Gasteiger partial charge in [-0.3, -0.25) is 4.79 Å². The Morgan fingerprint density at radius 1 is 1.56 bits per heavy atom. The zero-order chi connectivity index (χ0) is 11.7. The van der Waals surface area contributed by atoms with Gasteiger partial charge in [0, 0.05) is 11.3 Å². The van der Waals surface area contributed by atoms with Crippen molar-refractivity contribution in [1.82, 2.24) is 0 Å². The molecule has 0 saturated carbocycles. The number of halogens is 1. The summed E-state index contributed by atoms with van der Waals surface area (Å²) in [4.78, 5) is 11.3. The molecule has 1 aromatic carbocycles.